The average molecular weight is 425 g/mol. The van der Waals surface area contributed by atoms with Gasteiger partial charge in [-0.25, -0.2) is 4.68 Å². The molecule has 0 spiro atoms. The minimum absolute atomic E-state index is 0.121. The van der Waals surface area contributed by atoms with Crippen LogP contribution in [0.4, 0.5) is 11.4 Å². The van der Waals surface area contributed by atoms with Gasteiger partial charge in [-0.2, -0.15) is 0 Å². The van der Waals surface area contributed by atoms with E-state index in [0.29, 0.717) is 17.0 Å². The number of anilines is 2. The fourth-order valence-corrected chi connectivity index (χ4v) is 3.84. The lowest BCUT2D eigenvalue weighted by molar-refractivity contribution is -0.113. The van der Waals surface area contributed by atoms with Gasteiger partial charge >= 0.3 is 0 Å². The van der Waals surface area contributed by atoms with Crippen LogP contribution in [0.2, 0.25) is 0 Å². The molecule has 0 aliphatic carbocycles. The number of carbonyl (C=O) groups excluding carboxylic acids is 1. The maximum absolute atomic E-state index is 12.4. The molecule has 3 aromatic rings. The summed E-state index contributed by atoms with van der Waals surface area (Å²) in [6.45, 7) is 9.42. The van der Waals surface area contributed by atoms with Gasteiger partial charge in [0.05, 0.1) is 5.75 Å². The predicted molar refractivity (Wildman–Crippen MR) is 124 cm³/mol. The normalized spacial score (nSPS) is 11.0. The second-order valence-electron chi connectivity index (χ2n) is 7.31. The molecule has 8 heteroatoms. The van der Waals surface area contributed by atoms with Crippen molar-refractivity contribution in [1.29, 1.82) is 0 Å². The molecule has 1 amide bonds. The number of amides is 1. The number of nitrogens with zero attached hydrogens (tertiary/aromatic N) is 4. The fourth-order valence-electron chi connectivity index (χ4n) is 3.18. The van der Waals surface area contributed by atoms with E-state index < -0.39 is 0 Å². The summed E-state index contributed by atoms with van der Waals surface area (Å²) in [6.07, 6.45) is 0. The van der Waals surface area contributed by atoms with Gasteiger partial charge < -0.3 is 16.1 Å². The molecule has 0 fully saturated rings. The van der Waals surface area contributed by atoms with Crippen LogP contribution in [0, 0.1) is 6.92 Å². The largest absolute Gasteiger partial charge is 0.369 e. The number of aryl methyl sites for hydroxylation is 1. The topological polar surface area (TPSA) is 89.1 Å². The van der Waals surface area contributed by atoms with Crippen molar-refractivity contribution in [3.63, 3.8) is 0 Å². The number of benzene rings is 2. The van der Waals surface area contributed by atoms with Gasteiger partial charge in [0.1, 0.15) is 0 Å². The number of nitrogen functional groups attached to an aromatic ring is 1. The summed E-state index contributed by atoms with van der Waals surface area (Å²) in [5, 5.41) is 11.7. The first-order valence-electron chi connectivity index (χ1n) is 9.96. The number of hydrogen-bond acceptors (Lipinski definition) is 6. The van der Waals surface area contributed by atoms with E-state index in [9.17, 15) is 4.79 Å². The lowest BCUT2D eigenvalue weighted by Gasteiger charge is -2.27. The molecule has 0 saturated carbocycles. The standard InChI is InChI=1S/C22H28N6OS/c1-5-27(15(2)3)19-12-10-18(11-13-19)24-20(29)14-30-22-26-25-21(28(22)23)17-8-6-16(4)7-9-17/h6-13,15H,5,14,23H2,1-4H3,(H,24,29). The Kier molecular flexibility index (Phi) is 6.99. The van der Waals surface area contributed by atoms with Crippen LogP contribution in [0.1, 0.15) is 26.3 Å². The Labute approximate surface area is 181 Å². The molecule has 0 aliphatic heterocycles. The molecule has 1 aromatic heterocycles. The monoisotopic (exact) mass is 424 g/mol. The lowest BCUT2D eigenvalue weighted by Crippen LogP contribution is -2.30. The van der Waals surface area contributed by atoms with Gasteiger partial charge in [0.25, 0.3) is 0 Å². The van der Waals surface area contributed by atoms with Crippen molar-refractivity contribution in [2.45, 2.75) is 38.9 Å². The van der Waals surface area contributed by atoms with Gasteiger partial charge in [0, 0.05) is 29.5 Å². The Morgan fingerprint density at radius 1 is 1.13 bits per heavy atom. The molecule has 2 aromatic carbocycles. The highest BCUT2D eigenvalue weighted by atomic mass is 32.2. The molecular formula is C22H28N6OS. The highest BCUT2D eigenvalue weighted by Gasteiger charge is 2.14. The van der Waals surface area contributed by atoms with Crippen LogP contribution in [0.5, 0.6) is 0 Å². The zero-order valence-electron chi connectivity index (χ0n) is 17.8. The molecular weight excluding hydrogens is 396 g/mol. The van der Waals surface area contributed by atoms with Gasteiger partial charge in [-0.3, -0.25) is 4.79 Å². The van der Waals surface area contributed by atoms with E-state index in [4.69, 9.17) is 5.84 Å². The quantitative estimate of drug-likeness (QED) is 0.421. The van der Waals surface area contributed by atoms with Crippen molar-refractivity contribution in [3.8, 4) is 11.4 Å². The van der Waals surface area contributed by atoms with E-state index >= 15 is 0 Å². The predicted octanol–water partition coefficient (Wildman–Crippen LogP) is 3.93. The van der Waals surface area contributed by atoms with E-state index in [2.05, 4.69) is 41.2 Å². The third kappa shape index (κ3) is 5.13. The zero-order valence-corrected chi connectivity index (χ0v) is 18.6. The van der Waals surface area contributed by atoms with Gasteiger partial charge in [-0.15, -0.1) is 10.2 Å². The van der Waals surface area contributed by atoms with Crippen molar-refractivity contribution < 1.29 is 4.79 Å². The zero-order chi connectivity index (χ0) is 21.7. The Balaban J connectivity index is 1.58. The summed E-state index contributed by atoms with van der Waals surface area (Å²) in [7, 11) is 0. The van der Waals surface area contributed by atoms with Gasteiger partial charge in [0.15, 0.2) is 5.82 Å². The fraction of sp³-hybridized carbons (Fsp3) is 0.318. The van der Waals surface area contributed by atoms with Gasteiger partial charge in [-0.1, -0.05) is 41.6 Å². The smallest absolute Gasteiger partial charge is 0.234 e. The number of hydrogen-bond donors (Lipinski definition) is 2. The number of nitrogens with two attached hydrogens (primary N) is 1. The number of carbonyl (C=O) groups is 1. The van der Waals surface area contributed by atoms with Crippen molar-refractivity contribution in [3.05, 3.63) is 54.1 Å². The minimum atomic E-state index is -0.121. The van der Waals surface area contributed by atoms with Crippen LogP contribution < -0.4 is 16.1 Å². The first-order valence-corrected chi connectivity index (χ1v) is 10.9. The SMILES string of the molecule is CCN(c1ccc(NC(=O)CSc2nnc(-c3ccc(C)cc3)n2N)cc1)C(C)C. The van der Waals surface area contributed by atoms with Crippen molar-refractivity contribution in [2.24, 2.45) is 0 Å². The van der Waals surface area contributed by atoms with Crippen molar-refractivity contribution in [1.82, 2.24) is 14.9 Å². The number of nitrogens with one attached hydrogen (secondary N) is 1. The summed E-state index contributed by atoms with van der Waals surface area (Å²) >= 11 is 1.25. The Morgan fingerprint density at radius 3 is 2.40 bits per heavy atom. The highest BCUT2D eigenvalue weighted by Crippen LogP contribution is 2.23. The second kappa shape index (κ2) is 9.67. The molecule has 0 saturated heterocycles. The molecule has 0 radical (unpaired) electrons. The molecule has 7 nitrogen and oxygen atoms in total. The van der Waals surface area contributed by atoms with Crippen LogP contribution in [0.3, 0.4) is 0 Å². The molecule has 0 aliphatic rings. The molecule has 158 valence electrons. The Bertz CT molecular complexity index is 982. The van der Waals surface area contributed by atoms with Crippen LogP contribution in [-0.4, -0.2) is 39.1 Å². The molecule has 30 heavy (non-hydrogen) atoms. The van der Waals surface area contributed by atoms with E-state index in [1.807, 2.05) is 55.5 Å². The van der Waals surface area contributed by atoms with E-state index in [1.54, 1.807) is 0 Å². The van der Waals surface area contributed by atoms with E-state index in [1.165, 1.54) is 16.4 Å². The van der Waals surface area contributed by atoms with E-state index in [0.717, 1.165) is 29.0 Å². The second-order valence-corrected chi connectivity index (χ2v) is 8.25. The summed E-state index contributed by atoms with van der Waals surface area (Å²) in [4.78, 5) is 14.6. The molecule has 0 unspecified atom stereocenters. The first-order chi connectivity index (χ1) is 14.4. The third-order valence-corrected chi connectivity index (χ3v) is 5.70. The summed E-state index contributed by atoms with van der Waals surface area (Å²) in [5.41, 5.74) is 3.95. The third-order valence-electron chi connectivity index (χ3n) is 4.75. The van der Waals surface area contributed by atoms with Crippen LogP contribution in [-0.2, 0) is 4.79 Å². The Hall–Kier alpha value is -3.00. The van der Waals surface area contributed by atoms with Crippen LogP contribution >= 0.6 is 11.8 Å². The molecule has 3 rings (SSSR count). The van der Waals surface area contributed by atoms with E-state index in [-0.39, 0.29) is 11.7 Å². The maximum Gasteiger partial charge on any atom is 0.234 e. The minimum Gasteiger partial charge on any atom is -0.369 e. The van der Waals surface area contributed by atoms with Crippen molar-refractivity contribution in [2.75, 3.05) is 28.4 Å². The summed E-state index contributed by atoms with van der Waals surface area (Å²) in [5.74, 6) is 6.77. The molecule has 0 bridgehead atoms. The summed E-state index contributed by atoms with van der Waals surface area (Å²) < 4.78 is 1.42. The highest BCUT2D eigenvalue weighted by molar-refractivity contribution is 7.99. The number of thioether (sulfide) groups is 1. The number of rotatable bonds is 8. The number of aromatic nitrogens is 3. The maximum atomic E-state index is 12.4. The molecule has 0 atom stereocenters. The first kappa shape index (κ1) is 21.7. The summed E-state index contributed by atoms with van der Waals surface area (Å²) in [6, 6.07) is 16.2. The molecule has 3 N–H and O–H groups in total. The Morgan fingerprint density at radius 2 is 1.80 bits per heavy atom. The van der Waals surface area contributed by atoms with Crippen LogP contribution in [0.25, 0.3) is 11.4 Å². The average Bonchev–Trinajstić information content (AvgIpc) is 3.09. The van der Waals surface area contributed by atoms with Crippen molar-refractivity contribution >= 4 is 29.0 Å². The lowest BCUT2D eigenvalue weighted by atomic mass is 10.1. The van der Waals surface area contributed by atoms with Crippen LogP contribution in [0.15, 0.2) is 53.7 Å². The van der Waals surface area contributed by atoms with Gasteiger partial charge in [-0.05, 0) is 52.0 Å². The van der Waals surface area contributed by atoms with Gasteiger partial charge in [0.2, 0.25) is 11.1 Å². The molecule has 1 heterocycles.